The van der Waals surface area contributed by atoms with E-state index < -0.39 is 0 Å². The Labute approximate surface area is 89.5 Å². The molecule has 0 bridgehead atoms. The first-order chi connectivity index (χ1) is 7.23. The molecule has 1 fully saturated rings. The number of nitrogens with two attached hydrogens (primary N) is 1. The van der Waals surface area contributed by atoms with E-state index in [0.29, 0.717) is 0 Å². The first kappa shape index (κ1) is 10.6. The summed E-state index contributed by atoms with van der Waals surface area (Å²) in [4.78, 5) is 0. The molecular formula is C12H17NO2. The lowest BCUT2D eigenvalue weighted by atomic mass is 9.89. The maximum absolute atomic E-state index is 9.39. The summed E-state index contributed by atoms with van der Waals surface area (Å²) in [5, 5.41) is 18.5. The Morgan fingerprint density at radius 1 is 1.27 bits per heavy atom. The average molecular weight is 207 g/mol. The minimum atomic E-state index is -0.342. The highest BCUT2D eigenvalue weighted by atomic mass is 16.3. The van der Waals surface area contributed by atoms with Gasteiger partial charge < -0.3 is 15.9 Å². The van der Waals surface area contributed by atoms with Gasteiger partial charge in [-0.1, -0.05) is 24.3 Å². The molecule has 1 aliphatic carbocycles. The second-order valence-electron chi connectivity index (χ2n) is 4.31. The molecule has 1 aromatic rings. The number of aliphatic hydroxyl groups is 2. The zero-order valence-corrected chi connectivity index (χ0v) is 8.69. The van der Waals surface area contributed by atoms with Crippen molar-refractivity contribution < 1.29 is 10.2 Å². The van der Waals surface area contributed by atoms with Crippen molar-refractivity contribution in [1.29, 1.82) is 0 Å². The molecule has 0 aliphatic heterocycles. The molecule has 0 radical (unpaired) electrons. The van der Waals surface area contributed by atoms with E-state index in [1.807, 2.05) is 24.3 Å². The van der Waals surface area contributed by atoms with Crippen LogP contribution in [0.25, 0.3) is 0 Å². The van der Waals surface area contributed by atoms with Gasteiger partial charge in [0.25, 0.3) is 0 Å². The van der Waals surface area contributed by atoms with E-state index in [4.69, 9.17) is 10.8 Å². The smallest absolute Gasteiger partial charge is 0.0624 e. The Kier molecular flexibility index (Phi) is 2.78. The monoisotopic (exact) mass is 207 g/mol. The van der Waals surface area contributed by atoms with Crippen molar-refractivity contribution >= 4 is 0 Å². The number of aliphatic hydroxyl groups excluding tert-OH is 2. The third kappa shape index (κ3) is 1.78. The summed E-state index contributed by atoms with van der Waals surface area (Å²) in [6.07, 6.45) is 2.03. The standard InChI is InChI=1S/C12H17NO2/c13-11(7-14)9-3-1-2-4-10(9)12(8-15)5-6-12/h1-4,11,14-15H,5-8,13H2. The topological polar surface area (TPSA) is 66.5 Å². The predicted molar refractivity (Wildman–Crippen MR) is 58.5 cm³/mol. The second kappa shape index (κ2) is 3.93. The minimum Gasteiger partial charge on any atom is -0.395 e. The van der Waals surface area contributed by atoms with Gasteiger partial charge >= 0.3 is 0 Å². The summed E-state index contributed by atoms with van der Waals surface area (Å²) in [5.74, 6) is 0. The lowest BCUT2D eigenvalue weighted by molar-refractivity contribution is 0.249. The molecule has 3 nitrogen and oxygen atoms in total. The summed E-state index contributed by atoms with van der Waals surface area (Å²) in [5.41, 5.74) is 7.83. The molecule has 2 rings (SSSR count). The number of rotatable bonds is 4. The zero-order valence-electron chi connectivity index (χ0n) is 8.69. The molecule has 1 saturated carbocycles. The Bertz CT molecular complexity index is 347. The molecule has 1 atom stereocenters. The van der Waals surface area contributed by atoms with Crippen LogP contribution < -0.4 is 5.73 Å². The van der Waals surface area contributed by atoms with E-state index in [-0.39, 0.29) is 24.7 Å². The van der Waals surface area contributed by atoms with E-state index in [2.05, 4.69) is 0 Å². The minimum absolute atomic E-state index is 0.0570. The molecule has 0 spiro atoms. The fourth-order valence-corrected chi connectivity index (χ4v) is 2.07. The molecule has 0 amide bonds. The van der Waals surface area contributed by atoms with Crippen LogP contribution in [0.3, 0.4) is 0 Å². The average Bonchev–Trinajstić information content (AvgIpc) is 3.09. The summed E-state index contributed by atoms with van der Waals surface area (Å²) < 4.78 is 0. The van der Waals surface area contributed by atoms with Gasteiger partial charge in [-0.25, -0.2) is 0 Å². The fraction of sp³-hybridized carbons (Fsp3) is 0.500. The highest BCUT2D eigenvalue weighted by Crippen LogP contribution is 2.49. The number of hydrogen-bond acceptors (Lipinski definition) is 3. The normalized spacial score (nSPS) is 19.9. The third-order valence-electron chi connectivity index (χ3n) is 3.28. The maximum atomic E-state index is 9.39. The molecular weight excluding hydrogens is 190 g/mol. The van der Waals surface area contributed by atoms with Gasteiger partial charge in [-0.2, -0.15) is 0 Å². The first-order valence-corrected chi connectivity index (χ1v) is 5.30. The predicted octanol–water partition coefficient (Wildman–Crippen LogP) is 0.703. The van der Waals surface area contributed by atoms with Crippen molar-refractivity contribution in [3.05, 3.63) is 35.4 Å². The maximum Gasteiger partial charge on any atom is 0.0624 e. The lowest BCUT2D eigenvalue weighted by Crippen LogP contribution is -2.21. The number of hydrogen-bond donors (Lipinski definition) is 3. The van der Waals surface area contributed by atoms with Crippen LogP contribution >= 0.6 is 0 Å². The van der Waals surface area contributed by atoms with Gasteiger partial charge in [0, 0.05) is 5.41 Å². The molecule has 4 N–H and O–H groups in total. The summed E-state index contributed by atoms with van der Waals surface area (Å²) in [7, 11) is 0. The van der Waals surface area contributed by atoms with E-state index in [1.54, 1.807) is 0 Å². The second-order valence-corrected chi connectivity index (χ2v) is 4.31. The molecule has 0 heterocycles. The van der Waals surface area contributed by atoms with Crippen LogP contribution in [0.1, 0.15) is 30.0 Å². The van der Waals surface area contributed by atoms with Crippen LogP contribution in [-0.4, -0.2) is 23.4 Å². The van der Waals surface area contributed by atoms with E-state index in [0.717, 1.165) is 24.0 Å². The van der Waals surface area contributed by atoms with E-state index >= 15 is 0 Å². The van der Waals surface area contributed by atoms with Gasteiger partial charge in [0.2, 0.25) is 0 Å². The lowest BCUT2D eigenvalue weighted by Gasteiger charge is -2.20. The quantitative estimate of drug-likeness (QED) is 0.681. The summed E-state index contributed by atoms with van der Waals surface area (Å²) >= 11 is 0. The number of benzene rings is 1. The Hall–Kier alpha value is -0.900. The van der Waals surface area contributed by atoms with Crippen LogP contribution in [0.4, 0.5) is 0 Å². The Morgan fingerprint density at radius 2 is 1.93 bits per heavy atom. The van der Waals surface area contributed by atoms with Crippen molar-refractivity contribution in [1.82, 2.24) is 0 Å². The van der Waals surface area contributed by atoms with Gasteiger partial charge in [0.1, 0.15) is 0 Å². The molecule has 82 valence electrons. The van der Waals surface area contributed by atoms with Crippen molar-refractivity contribution in [2.45, 2.75) is 24.3 Å². The SMILES string of the molecule is NC(CO)c1ccccc1C1(CO)CC1. The molecule has 1 unspecified atom stereocenters. The van der Waals surface area contributed by atoms with Crippen LogP contribution in [0.5, 0.6) is 0 Å². The Balaban J connectivity index is 2.38. The molecule has 15 heavy (non-hydrogen) atoms. The Morgan fingerprint density at radius 3 is 2.47 bits per heavy atom. The molecule has 1 aromatic carbocycles. The van der Waals surface area contributed by atoms with Crippen LogP contribution in [0.15, 0.2) is 24.3 Å². The largest absolute Gasteiger partial charge is 0.395 e. The zero-order chi connectivity index (χ0) is 10.9. The molecule has 0 saturated heterocycles. The van der Waals surface area contributed by atoms with Crippen molar-refractivity contribution in [2.24, 2.45) is 5.73 Å². The van der Waals surface area contributed by atoms with Gasteiger partial charge in [-0.3, -0.25) is 0 Å². The van der Waals surface area contributed by atoms with Crippen molar-refractivity contribution in [3.63, 3.8) is 0 Å². The van der Waals surface area contributed by atoms with Gasteiger partial charge in [0.15, 0.2) is 0 Å². The van der Waals surface area contributed by atoms with Gasteiger partial charge in [-0.05, 0) is 24.0 Å². The van der Waals surface area contributed by atoms with E-state index in [1.165, 1.54) is 0 Å². The third-order valence-corrected chi connectivity index (χ3v) is 3.28. The van der Waals surface area contributed by atoms with Crippen LogP contribution in [-0.2, 0) is 5.41 Å². The molecule has 3 heteroatoms. The highest BCUT2D eigenvalue weighted by molar-refractivity contribution is 5.40. The van der Waals surface area contributed by atoms with Crippen LogP contribution in [0.2, 0.25) is 0 Å². The first-order valence-electron chi connectivity index (χ1n) is 5.30. The van der Waals surface area contributed by atoms with Crippen LogP contribution in [0, 0.1) is 0 Å². The van der Waals surface area contributed by atoms with Gasteiger partial charge in [0.05, 0.1) is 19.3 Å². The molecule has 0 aromatic heterocycles. The fourth-order valence-electron chi connectivity index (χ4n) is 2.07. The van der Waals surface area contributed by atoms with Crippen molar-refractivity contribution in [3.8, 4) is 0 Å². The van der Waals surface area contributed by atoms with Crippen molar-refractivity contribution in [2.75, 3.05) is 13.2 Å². The summed E-state index contributed by atoms with van der Waals surface area (Å²) in [6.45, 7) is 0.112. The highest BCUT2D eigenvalue weighted by Gasteiger charge is 2.45. The summed E-state index contributed by atoms with van der Waals surface area (Å²) in [6, 6.07) is 7.48. The molecule has 1 aliphatic rings. The van der Waals surface area contributed by atoms with E-state index in [9.17, 15) is 5.11 Å². The van der Waals surface area contributed by atoms with Gasteiger partial charge in [-0.15, -0.1) is 0 Å².